The van der Waals surface area contributed by atoms with Crippen molar-refractivity contribution in [2.75, 3.05) is 23.8 Å². The predicted octanol–water partition coefficient (Wildman–Crippen LogP) is 6.01. The van der Waals surface area contributed by atoms with Crippen molar-refractivity contribution in [3.8, 4) is 0 Å². The molecule has 1 aliphatic heterocycles. The first-order chi connectivity index (χ1) is 18.7. The maximum absolute atomic E-state index is 13.1. The number of fused-ring (bicyclic) bond motifs is 1. The van der Waals surface area contributed by atoms with Crippen LogP contribution in [0.1, 0.15) is 27.9 Å². The van der Waals surface area contributed by atoms with Crippen LogP contribution in [0.5, 0.6) is 0 Å². The minimum Gasteiger partial charge on any atom is -0.381 e. The number of pyridine rings is 1. The second-order valence-corrected chi connectivity index (χ2v) is 9.99. The van der Waals surface area contributed by atoms with Gasteiger partial charge in [-0.25, -0.2) is 0 Å². The van der Waals surface area contributed by atoms with Gasteiger partial charge in [0, 0.05) is 25.0 Å². The SMILES string of the molecule is O=C(Nc1ccnc2c(Nc3ccc(C(F)(F)F)cc3)nsc12)c1cc(CNC(=O)C2CCOC2)ccc1Cl. The summed E-state index contributed by atoms with van der Waals surface area (Å²) in [6, 6.07) is 11.1. The Morgan fingerprint density at radius 3 is 2.64 bits per heavy atom. The van der Waals surface area contributed by atoms with E-state index in [1.54, 1.807) is 24.3 Å². The van der Waals surface area contributed by atoms with Crippen molar-refractivity contribution in [3.63, 3.8) is 0 Å². The highest BCUT2D eigenvalue weighted by Gasteiger charge is 2.30. The van der Waals surface area contributed by atoms with E-state index in [9.17, 15) is 22.8 Å². The number of aromatic nitrogens is 2. The molecule has 0 radical (unpaired) electrons. The molecule has 3 heterocycles. The Morgan fingerprint density at radius 1 is 1.13 bits per heavy atom. The second kappa shape index (κ2) is 11.2. The Balaban J connectivity index is 1.30. The van der Waals surface area contributed by atoms with Gasteiger partial charge >= 0.3 is 6.18 Å². The van der Waals surface area contributed by atoms with Crippen molar-refractivity contribution in [1.29, 1.82) is 0 Å². The molecule has 2 aromatic carbocycles. The van der Waals surface area contributed by atoms with Gasteiger partial charge in [-0.1, -0.05) is 17.7 Å². The lowest BCUT2D eigenvalue weighted by molar-refractivity contribution is -0.137. The highest BCUT2D eigenvalue weighted by atomic mass is 35.5. The van der Waals surface area contributed by atoms with E-state index >= 15 is 0 Å². The van der Waals surface area contributed by atoms with Crippen molar-refractivity contribution >= 4 is 62.4 Å². The Bertz CT molecular complexity index is 1520. The number of nitrogens with zero attached hydrogens (tertiary/aromatic N) is 2. The zero-order valence-corrected chi connectivity index (χ0v) is 21.7. The summed E-state index contributed by atoms with van der Waals surface area (Å²) in [5, 5.41) is 8.91. The topological polar surface area (TPSA) is 105 Å². The number of nitrogens with one attached hydrogen (secondary N) is 3. The standard InChI is InChI=1S/C26H21ClF3N5O3S/c27-19-6-1-14(12-32-24(36)15-8-10-38-13-15)11-18(19)25(37)34-20-7-9-31-21-22(20)39-35-23(21)33-17-4-2-16(3-5-17)26(28,29)30/h1-7,9,11,15H,8,10,12-13H2,(H,32,36)(H,33,35)(H,31,34,37). The number of alkyl halides is 3. The molecule has 2 aromatic heterocycles. The Labute approximate surface area is 229 Å². The summed E-state index contributed by atoms with van der Waals surface area (Å²) in [6.45, 7) is 1.21. The molecule has 1 unspecified atom stereocenters. The Kier molecular flexibility index (Phi) is 7.69. The van der Waals surface area contributed by atoms with Crippen LogP contribution in [0, 0.1) is 5.92 Å². The van der Waals surface area contributed by atoms with E-state index in [0.29, 0.717) is 52.6 Å². The molecule has 13 heteroatoms. The molecule has 8 nitrogen and oxygen atoms in total. The number of hydrogen-bond donors (Lipinski definition) is 3. The molecular weight excluding hydrogens is 555 g/mol. The van der Waals surface area contributed by atoms with Crippen LogP contribution in [0.4, 0.5) is 30.4 Å². The summed E-state index contributed by atoms with van der Waals surface area (Å²) >= 11 is 7.38. The predicted molar refractivity (Wildman–Crippen MR) is 142 cm³/mol. The van der Waals surface area contributed by atoms with Gasteiger partial charge in [-0.2, -0.15) is 17.5 Å². The largest absolute Gasteiger partial charge is 0.416 e. The molecule has 1 saturated heterocycles. The van der Waals surface area contributed by atoms with Gasteiger partial charge in [-0.05, 0) is 66.0 Å². The van der Waals surface area contributed by atoms with E-state index in [2.05, 4.69) is 25.3 Å². The smallest absolute Gasteiger partial charge is 0.381 e. The number of benzene rings is 2. The monoisotopic (exact) mass is 575 g/mol. The third-order valence-electron chi connectivity index (χ3n) is 6.12. The van der Waals surface area contributed by atoms with Gasteiger partial charge in [0.25, 0.3) is 5.91 Å². The van der Waals surface area contributed by atoms with Gasteiger partial charge < -0.3 is 20.7 Å². The lowest BCUT2D eigenvalue weighted by atomic mass is 10.1. The van der Waals surface area contributed by atoms with Crippen LogP contribution < -0.4 is 16.0 Å². The minimum atomic E-state index is -4.43. The number of hydrogen-bond acceptors (Lipinski definition) is 7. The number of halogens is 4. The third-order valence-corrected chi connectivity index (χ3v) is 7.32. The first-order valence-electron chi connectivity index (χ1n) is 11.8. The van der Waals surface area contributed by atoms with E-state index in [0.717, 1.165) is 23.7 Å². The number of rotatable bonds is 7. The van der Waals surface area contributed by atoms with Crippen LogP contribution in [0.3, 0.4) is 0 Å². The second-order valence-electron chi connectivity index (χ2n) is 8.81. The van der Waals surface area contributed by atoms with E-state index in [1.165, 1.54) is 18.3 Å². The van der Waals surface area contributed by atoms with E-state index in [-0.39, 0.29) is 29.0 Å². The van der Waals surface area contributed by atoms with Crippen LogP contribution in [0.15, 0.2) is 54.7 Å². The average Bonchev–Trinajstić information content (AvgIpc) is 3.59. The Morgan fingerprint density at radius 2 is 1.92 bits per heavy atom. The third kappa shape index (κ3) is 6.13. The van der Waals surface area contributed by atoms with Crippen LogP contribution in [0.25, 0.3) is 10.2 Å². The number of carbonyl (C=O) groups is 2. The molecule has 0 spiro atoms. The van der Waals surface area contributed by atoms with Crippen LogP contribution in [-0.2, 0) is 22.3 Å². The summed E-state index contributed by atoms with van der Waals surface area (Å²) in [7, 11) is 0. The van der Waals surface area contributed by atoms with E-state index in [1.807, 2.05) is 0 Å². The average molecular weight is 576 g/mol. The van der Waals surface area contributed by atoms with Gasteiger partial charge in [0.2, 0.25) is 5.91 Å². The molecule has 5 rings (SSSR count). The maximum Gasteiger partial charge on any atom is 0.416 e. The highest BCUT2D eigenvalue weighted by Crippen LogP contribution is 2.34. The lowest BCUT2D eigenvalue weighted by Crippen LogP contribution is -2.30. The molecular formula is C26H21ClF3N5O3S. The molecule has 202 valence electrons. The summed E-state index contributed by atoms with van der Waals surface area (Å²) in [5.74, 6) is -0.393. The number of carbonyl (C=O) groups excluding carboxylic acids is 2. The number of anilines is 3. The summed E-state index contributed by atoms with van der Waals surface area (Å²) in [4.78, 5) is 29.7. The van der Waals surface area contributed by atoms with Gasteiger partial charge in [-0.15, -0.1) is 0 Å². The van der Waals surface area contributed by atoms with Crippen LogP contribution >= 0.6 is 23.1 Å². The molecule has 1 fully saturated rings. The molecule has 39 heavy (non-hydrogen) atoms. The lowest BCUT2D eigenvalue weighted by Gasteiger charge is -2.12. The van der Waals surface area contributed by atoms with Gasteiger partial charge in [0.05, 0.1) is 39.1 Å². The molecule has 3 N–H and O–H groups in total. The first kappa shape index (κ1) is 26.9. The van der Waals surface area contributed by atoms with Gasteiger partial charge in [0.1, 0.15) is 5.52 Å². The van der Waals surface area contributed by atoms with Crippen molar-refractivity contribution in [3.05, 3.63) is 76.4 Å². The fourth-order valence-electron chi connectivity index (χ4n) is 4.02. The minimum absolute atomic E-state index is 0.0986. The summed E-state index contributed by atoms with van der Waals surface area (Å²) in [5.41, 5.74) is 1.47. The molecule has 4 aromatic rings. The normalized spacial score (nSPS) is 15.3. The zero-order chi connectivity index (χ0) is 27.6. The van der Waals surface area contributed by atoms with Gasteiger partial charge in [0.15, 0.2) is 5.82 Å². The fourth-order valence-corrected chi connectivity index (χ4v) is 5.00. The van der Waals surface area contributed by atoms with Crippen molar-refractivity contribution in [2.45, 2.75) is 19.1 Å². The molecule has 1 atom stereocenters. The van der Waals surface area contributed by atoms with Gasteiger partial charge in [-0.3, -0.25) is 14.6 Å². The van der Waals surface area contributed by atoms with Crippen molar-refractivity contribution in [2.24, 2.45) is 5.92 Å². The van der Waals surface area contributed by atoms with Crippen molar-refractivity contribution < 1.29 is 27.5 Å². The van der Waals surface area contributed by atoms with Crippen LogP contribution in [0.2, 0.25) is 5.02 Å². The first-order valence-corrected chi connectivity index (χ1v) is 13.0. The molecule has 2 amide bonds. The van der Waals surface area contributed by atoms with Crippen LogP contribution in [-0.4, -0.2) is 34.4 Å². The quantitative estimate of drug-likeness (QED) is 0.249. The maximum atomic E-state index is 13.1. The molecule has 0 bridgehead atoms. The highest BCUT2D eigenvalue weighted by molar-refractivity contribution is 7.14. The van der Waals surface area contributed by atoms with E-state index < -0.39 is 17.6 Å². The van der Waals surface area contributed by atoms with E-state index in [4.69, 9.17) is 16.3 Å². The molecule has 0 saturated carbocycles. The number of amides is 2. The molecule has 1 aliphatic rings. The molecule has 0 aliphatic carbocycles. The summed E-state index contributed by atoms with van der Waals surface area (Å²) < 4.78 is 48.7. The van der Waals surface area contributed by atoms with Crippen molar-refractivity contribution in [1.82, 2.24) is 14.7 Å². The summed E-state index contributed by atoms with van der Waals surface area (Å²) in [6.07, 6.45) is -2.26. The number of ether oxygens (including phenoxy) is 1. The Hall–Kier alpha value is -3.74. The fraction of sp³-hybridized carbons (Fsp3) is 0.231. The zero-order valence-electron chi connectivity index (χ0n) is 20.1.